The summed E-state index contributed by atoms with van der Waals surface area (Å²) >= 11 is 3.18. The maximum Gasteiger partial charge on any atom is 0.294 e. The predicted molar refractivity (Wildman–Crippen MR) is 97.8 cm³/mol. The first kappa shape index (κ1) is 20.1. The number of primary sulfonamides is 1. The van der Waals surface area contributed by atoms with Crippen molar-refractivity contribution < 1.29 is 18.4 Å². The van der Waals surface area contributed by atoms with E-state index >= 15 is 0 Å². The average Bonchev–Trinajstić information content (AvgIpc) is 2.53. The number of rotatable bonds is 6. The Morgan fingerprint density at radius 1 is 1.40 bits per heavy atom. The molecule has 0 aliphatic heterocycles. The number of sulfonamides is 1. The van der Waals surface area contributed by atoms with Gasteiger partial charge in [0.25, 0.3) is 5.69 Å². The molecular formula is C15H22BrN3O5S. The molecule has 1 aliphatic rings. The first-order chi connectivity index (χ1) is 11.6. The van der Waals surface area contributed by atoms with Gasteiger partial charge in [0.2, 0.25) is 10.0 Å². The first-order valence-corrected chi connectivity index (χ1v) is 10.4. The molecule has 1 atom stereocenters. The lowest BCUT2D eigenvalue weighted by Crippen LogP contribution is -2.35. The smallest absolute Gasteiger partial charge is 0.294 e. The van der Waals surface area contributed by atoms with Crippen LogP contribution in [0.4, 0.5) is 11.4 Å². The summed E-state index contributed by atoms with van der Waals surface area (Å²) in [5.41, 5.74) is -0.254. The van der Waals surface area contributed by atoms with Crippen LogP contribution in [-0.2, 0) is 10.0 Å². The molecule has 0 aromatic heterocycles. The fraction of sp³-hybridized carbons (Fsp3) is 0.600. The molecule has 10 heteroatoms. The Bertz CT molecular complexity index is 748. The molecule has 4 N–H and O–H groups in total. The van der Waals surface area contributed by atoms with Gasteiger partial charge in [-0.1, -0.05) is 19.8 Å². The number of nitrogens with one attached hydrogen (secondary N) is 1. The summed E-state index contributed by atoms with van der Waals surface area (Å²) in [4.78, 5) is 10.4. The van der Waals surface area contributed by atoms with Crippen LogP contribution in [0.2, 0.25) is 0 Å². The van der Waals surface area contributed by atoms with Gasteiger partial charge in [0.05, 0.1) is 22.5 Å². The SMILES string of the molecule is CC1CCC([C@H](CO)Nc2c(Br)cc(S(N)(=O)=O)cc2[N+](=O)[O-])CC1. The van der Waals surface area contributed by atoms with Gasteiger partial charge in [0, 0.05) is 10.5 Å². The molecule has 0 amide bonds. The van der Waals surface area contributed by atoms with Crippen molar-refractivity contribution in [3.8, 4) is 0 Å². The number of hydrogen-bond donors (Lipinski definition) is 3. The summed E-state index contributed by atoms with van der Waals surface area (Å²) in [5, 5.41) is 29.2. The van der Waals surface area contributed by atoms with Gasteiger partial charge in [-0.2, -0.15) is 0 Å². The van der Waals surface area contributed by atoms with Crippen LogP contribution in [0.25, 0.3) is 0 Å². The largest absolute Gasteiger partial charge is 0.394 e. The summed E-state index contributed by atoms with van der Waals surface area (Å²) in [7, 11) is -4.07. The van der Waals surface area contributed by atoms with Crippen molar-refractivity contribution in [2.24, 2.45) is 17.0 Å². The summed E-state index contributed by atoms with van der Waals surface area (Å²) in [6.07, 6.45) is 3.97. The van der Waals surface area contributed by atoms with E-state index in [1.54, 1.807) is 0 Å². The van der Waals surface area contributed by atoms with Gasteiger partial charge >= 0.3 is 0 Å². The first-order valence-electron chi connectivity index (χ1n) is 8.01. The number of anilines is 1. The van der Waals surface area contributed by atoms with Crippen LogP contribution in [0.15, 0.2) is 21.5 Å². The van der Waals surface area contributed by atoms with Crippen LogP contribution in [0, 0.1) is 22.0 Å². The van der Waals surface area contributed by atoms with Gasteiger partial charge < -0.3 is 10.4 Å². The average molecular weight is 436 g/mol. The standard InChI is InChI=1S/C15H22BrN3O5S/c1-9-2-4-10(5-3-9)13(8-20)18-15-12(16)6-11(25(17,23)24)7-14(15)19(21)22/h6-7,9-10,13,18,20H,2-5,8H2,1H3,(H2,17,23,24)/t9?,10?,13-/m0/s1. The van der Waals surface area contributed by atoms with Crippen molar-refractivity contribution in [3.05, 3.63) is 26.7 Å². The van der Waals surface area contributed by atoms with E-state index in [0.29, 0.717) is 5.92 Å². The highest BCUT2D eigenvalue weighted by Gasteiger charge is 2.29. The van der Waals surface area contributed by atoms with E-state index in [1.807, 2.05) is 0 Å². The van der Waals surface area contributed by atoms with Gasteiger partial charge in [-0.05, 0) is 46.7 Å². The summed E-state index contributed by atoms with van der Waals surface area (Å²) in [5.74, 6) is 0.844. The molecule has 1 aromatic carbocycles. The molecular weight excluding hydrogens is 414 g/mol. The molecule has 8 nitrogen and oxygen atoms in total. The number of nitro benzene ring substituents is 1. The summed E-state index contributed by atoms with van der Waals surface area (Å²) < 4.78 is 23.2. The number of nitrogens with zero attached hydrogens (tertiary/aromatic N) is 1. The molecule has 1 saturated carbocycles. The number of aliphatic hydroxyl groups excluding tert-OH is 1. The molecule has 1 aromatic rings. The predicted octanol–water partition coefficient (Wildman–Crippen LogP) is 2.60. The maximum atomic E-state index is 11.5. The Morgan fingerprint density at radius 2 is 2.00 bits per heavy atom. The zero-order chi connectivity index (χ0) is 18.8. The Morgan fingerprint density at radius 3 is 2.48 bits per heavy atom. The van der Waals surface area contributed by atoms with Crippen molar-refractivity contribution >= 4 is 37.3 Å². The van der Waals surface area contributed by atoms with Crippen LogP contribution in [-0.4, -0.2) is 31.1 Å². The second-order valence-corrected chi connectivity index (χ2v) is 8.97. The minimum atomic E-state index is -4.07. The molecule has 2 rings (SSSR count). The highest BCUT2D eigenvalue weighted by atomic mass is 79.9. The van der Waals surface area contributed by atoms with E-state index in [0.717, 1.165) is 31.7 Å². The minimum Gasteiger partial charge on any atom is -0.394 e. The molecule has 0 bridgehead atoms. The van der Waals surface area contributed by atoms with Crippen molar-refractivity contribution in [1.29, 1.82) is 0 Å². The van der Waals surface area contributed by atoms with Gasteiger partial charge in [0.1, 0.15) is 5.69 Å². The van der Waals surface area contributed by atoms with Crippen molar-refractivity contribution in [2.45, 2.75) is 43.5 Å². The van der Waals surface area contributed by atoms with Crippen LogP contribution >= 0.6 is 15.9 Å². The minimum absolute atomic E-state index is 0.148. The van der Waals surface area contributed by atoms with Gasteiger partial charge in [-0.25, -0.2) is 13.6 Å². The summed E-state index contributed by atoms with van der Waals surface area (Å²) in [6, 6.07) is 1.81. The van der Waals surface area contributed by atoms with Crippen molar-refractivity contribution in [1.82, 2.24) is 0 Å². The molecule has 140 valence electrons. The lowest BCUT2D eigenvalue weighted by molar-refractivity contribution is -0.384. The van der Waals surface area contributed by atoms with Crippen LogP contribution in [0.3, 0.4) is 0 Å². The molecule has 1 aliphatic carbocycles. The van der Waals surface area contributed by atoms with E-state index in [4.69, 9.17) is 5.14 Å². The van der Waals surface area contributed by atoms with E-state index < -0.39 is 20.6 Å². The normalized spacial score (nSPS) is 22.4. The highest BCUT2D eigenvalue weighted by molar-refractivity contribution is 9.10. The number of benzene rings is 1. The third-order valence-corrected chi connectivity index (χ3v) is 6.24. The molecule has 0 heterocycles. The van der Waals surface area contributed by atoms with E-state index in [1.165, 1.54) is 6.07 Å². The fourth-order valence-electron chi connectivity index (χ4n) is 3.21. The third-order valence-electron chi connectivity index (χ3n) is 4.72. The van der Waals surface area contributed by atoms with Gasteiger partial charge in [0.15, 0.2) is 0 Å². The monoisotopic (exact) mass is 435 g/mol. The Kier molecular flexibility index (Phi) is 6.41. The Balaban J connectivity index is 2.35. The topological polar surface area (TPSA) is 136 Å². The second-order valence-electron chi connectivity index (χ2n) is 6.55. The number of aliphatic hydroxyl groups is 1. The summed E-state index contributed by atoms with van der Waals surface area (Å²) in [6.45, 7) is 2.02. The highest BCUT2D eigenvalue weighted by Crippen LogP contribution is 2.38. The molecule has 25 heavy (non-hydrogen) atoms. The lowest BCUT2D eigenvalue weighted by Gasteiger charge is -2.33. The molecule has 0 spiro atoms. The maximum absolute atomic E-state index is 11.5. The van der Waals surface area contributed by atoms with Crippen LogP contribution < -0.4 is 10.5 Å². The lowest BCUT2D eigenvalue weighted by atomic mass is 9.79. The van der Waals surface area contributed by atoms with E-state index in [2.05, 4.69) is 28.2 Å². The number of halogens is 1. The number of nitro groups is 1. The van der Waals surface area contributed by atoms with Crippen molar-refractivity contribution in [2.75, 3.05) is 11.9 Å². The Hall–Kier alpha value is -1.23. The van der Waals surface area contributed by atoms with Gasteiger partial charge in [-0.3, -0.25) is 10.1 Å². The van der Waals surface area contributed by atoms with Crippen molar-refractivity contribution in [3.63, 3.8) is 0 Å². The number of nitrogens with two attached hydrogens (primary N) is 1. The fourth-order valence-corrected chi connectivity index (χ4v) is 4.48. The quantitative estimate of drug-likeness (QED) is 0.463. The van der Waals surface area contributed by atoms with E-state index in [9.17, 15) is 23.6 Å². The van der Waals surface area contributed by atoms with Gasteiger partial charge in [-0.15, -0.1) is 0 Å². The molecule has 0 saturated heterocycles. The van der Waals surface area contributed by atoms with Crippen LogP contribution in [0.1, 0.15) is 32.6 Å². The third kappa shape index (κ3) is 4.90. The Labute approximate surface area is 155 Å². The second kappa shape index (κ2) is 7.98. The molecule has 0 radical (unpaired) electrons. The zero-order valence-corrected chi connectivity index (χ0v) is 16.2. The van der Waals surface area contributed by atoms with E-state index in [-0.39, 0.29) is 33.6 Å². The number of hydrogen-bond acceptors (Lipinski definition) is 6. The zero-order valence-electron chi connectivity index (χ0n) is 13.8. The van der Waals surface area contributed by atoms with Crippen LogP contribution in [0.5, 0.6) is 0 Å². The molecule has 1 fully saturated rings. The molecule has 0 unspecified atom stereocenters.